The van der Waals surface area contributed by atoms with E-state index in [4.69, 9.17) is 9.15 Å². The van der Waals surface area contributed by atoms with Crippen LogP contribution < -0.4 is 10.2 Å². The molecule has 0 saturated heterocycles. The summed E-state index contributed by atoms with van der Waals surface area (Å²) in [5.74, 6) is 0.514. The lowest BCUT2D eigenvalue weighted by Gasteiger charge is -2.28. The number of benzene rings is 2. The molecule has 0 saturated carbocycles. The van der Waals surface area contributed by atoms with Gasteiger partial charge in [-0.2, -0.15) is 0 Å². The number of likely N-dealkylation sites (N-methyl/N-ethyl adjacent to an activating group) is 1. The SMILES string of the molecule is CCOc1ccc2c(=O)c3c(oc2c1)C(=O)N(CCN(CC)CC)C3c1ccc(C(C)(C)C)cc1. The van der Waals surface area contributed by atoms with Crippen LogP contribution >= 0.6 is 0 Å². The minimum absolute atomic E-state index is 0.0118. The fraction of sp³-hybridized carbons (Fsp3) is 0.448. The summed E-state index contributed by atoms with van der Waals surface area (Å²) in [7, 11) is 0. The third-order valence-corrected chi connectivity index (χ3v) is 6.89. The molecular weight excluding hydrogens is 440 g/mol. The smallest absolute Gasteiger partial charge is 0.290 e. The van der Waals surface area contributed by atoms with E-state index in [1.807, 2.05) is 19.1 Å². The molecule has 6 heteroatoms. The molecule has 1 aliphatic rings. The third kappa shape index (κ3) is 4.72. The van der Waals surface area contributed by atoms with Crippen LogP contribution in [-0.2, 0) is 5.41 Å². The molecule has 0 bridgehead atoms. The summed E-state index contributed by atoms with van der Waals surface area (Å²) in [4.78, 5) is 31.5. The molecule has 1 aromatic heterocycles. The second-order valence-electron chi connectivity index (χ2n) is 10.1. The lowest BCUT2D eigenvalue weighted by atomic mass is 9.86. The number of carbonyl (C=O) groups excluding carboxylic acids is 1. The average Bonchev–Trinajstić information content (AvgIpc) is 3.11. The van der Waals surface area contributed by atoms with Gasteiger partial charge in [-0.15, -0.1) is 0 Å². The fourth-order valence-corrected chi connectivity index (χ4v) is 4.79. The first-order valence-corrected chi connectivity index (χ1v) is 12.6. The van der Waals surface area contributed by atoms with Gasteiger partial charge in [0.25, 0.3) is 5.91 Å². The van der Waals surface area contributed by atoms with E-state index in [1.54, 1.807) is 23.1 Å². The van der Waals surface area contributed by atoms with Gasteiger partial charge >= 0.3 is 0 Å². The standard InChI is InChI=1S/C29H36N2O4/c1-7-30(8-2)16-17-31-25(19-10-12-20(13-11-19)29(4,5)6)24-26(32)22-15-14-21(34-9-3)18-23(22)35-27(24)28(31)33/h10-15,18,25H,7-9,16-17H2,1-6H3. The van der Waals surface area contributed by atoms with Crippen LogP contribution in [-0.4, -0.2) is 48.5 Å². The summed E-state index contributed by atoms with van der Waals surface area (Å²) >= 11 is 0. The Labute approximate surface area is 207 Å². The van der Waals surface area contributed by atoms with Crippen molar-refractivity contribution in [2.75, 3.05) is 32.8 Å². The predicted molar refractivity (Wildman–Crippen MR) is 139 cm³/mol. The summed E-state index contributed by atoms with van der Waals surface area (Å²) in [6, 6.07) is 13.0. The van der Waals surface area contributed by atoms with Gasteiger partial charge in [0, 0.05) is 19.2 Å². The van der Waals surface area contributed by atoms with Gasteiger partial charge in [0.2, 0.25) is 5.76 Å². The van der Waals surface area contributed by atoms with E-state index in [9.17, 15) is 9.59 Å². The van der Waals surface area contributed by atoms with Gasteiger partial charge < -0.3 is 19.0 Å². The minimum Gasteiger partial charge on any atom is -0.494 e. The van der Waals surface area contributed by atoms with Gasteiger partial charge in [-0.1, -0.05) is 58.9 Å². The Hall–Kier alpha value is -3.12. The Morgan fingerprint density at radius 1 is 1.00 bits per heavy atom. The molecule has 0 spiro atoms. The van der Waals surface area contributed by atoms with Crippen molar-refractivity contribution in [3.8, 4) is 5.75 Å². The Kier molecular flexibility index (Phi) is 7.04. The van der Waals surface area contributed by atoms with Crippen LogP contribution in [0.25, 0.3) is 11.0 Å². The zero-order valence-electron chi connectivity index (χ0n) is 21.7. The first-order valence-electron chi connectivity index (χ1n) is 12.6. The molecule has 35 heavy (non-hydrogen) atoms. The molecule has 1 aliphatic heterocycles. The molecule has 1 unspecified atom stereocenters. The highest BCUT2D eigenvalue weighted by Gasteiger charge is 2.42. The van der Waals surface area contributed by atoms with E-state index < -0.39 is 6.04 Å². The van der Waals surface area contributed by atoms with Gasteiger partial charge in [-0.3, -0.25) is 9.59 Å². The number of amides is 1. The van der Waals surface area contributed by atoms with Gasteiger partial charge in [0.1, 0.15) is 11.3 Å². The number of ether oxygens (including phenoxy) is 1. The highest BCUT2D eigenvalue weighted by atomic mass is 16.5. The first-order chi connectivity index (χ1) is 16.7. The molecule has 6 nitrogen and oxygen atoms in total. The van der Waals surface area contributed by atoms with Crippen LogP contribution in [0.1, 0.15) is 74.8 Å². The molecule has 186 valence electrons. The molecule has 0 radical (unpaired) electrons. The van der Waals surface area contributed by atoms with E-state index >= 15 is 0 Å². The summed E-state index contributed by atoms with van der Waals surface area (Å²) in [5, 5.41) is 0.460. The normalized spacial score (nSPS) is 15.8. The van der Waals surface area contributed by atoms with Gasteiger partial charge in [-0.25, -0.2) is 0 Å². The van der Waals surface area contributed by atoms with Crippen molar-refractivity contribution in [2.24, 2.45) is 0 Å². The van der Waals surface area contributed by atoms with E-state index in [0.717, 1.165) is 25.2 Å². The van der Waals surface area contributed by atoms with Crippen molar-refractivity contribution < 1.29 is 13.9 Å². The topological polar surface area (TPSA) is 63.0 Å². The zero-order valence-corrected chi connectivity index (χ0v) is 21.7. The minimum atomic E-state index is -0.478. The Morgan fingerprint density at radius 3 is 2.29 bits per heavy atom. The second-order valence-corrected chi connectivity index (χ2v) is 10.1. The molecule has 4 rings (SSSR count). The van der Waals surface area contributed by atoms with Crippen LogP contribution in [0.4, 0.5) is 0 Å². The molecule has 2 aromatic carbocycles. The summed E-state index contributed by atoms with van der Waals surface area (Å²) in [5.41, 5.74) is 2.78. The Morgan fingerprint density at radius 2 is 1.69 bits per heavy atom. The highest BCUT2D eigenvalue weighted by molar-refractivity contribution is 5.99. The highest BCUT2D eigenvalue weighted by Crippen LogP contribution is 2.39. The molecule has 1 atom stereocenters. The predicted octanol–water partition coefficient (Wildman–Crippen LogP) is 5.38. The van der Waals surface area contributed by atoms with Gasteiger partial charge in [-0.05, 0) is 48.7 Å². The second kappa shape index (κ2) is 9.86. The van der Waals surface area contributed by atoms with Crippen LogP contribution in [0.5, 0.6) is 5.75 Å². The van der Waals surface area contributed by atoms with Crippen LogP contribution in [0.3, 0.4) is 0 Å². The number of carbonyl (C=O) groups is 1. The number of hydrogen-bond donors (Lipinski definition) is 0. The first kappa shape index (κ1) is 25.0. The molecule has 2 heterocycles. The third-order valence-electron chi connectivity index (χ3n) is 6.89. The van der Waals surface area contributed by atoms with E-state index in [2.05, 4.69) is 51.7 Å². The number of rotatable bonds is 8. The van der Waals surface area contributed by atoms with Crippen molar-refractivity contribution >= 4 is 16.9 Å². The average molecular weight is 477 g/mol. The maximum atomic E-state index is 13.8. The fourth-order valence-electron chi connectivity index (χ4n) is 4.79. The molecule has 3 aromatic rings. The quantitative estimate of drug-likeness (QED) is 0.437. The number of nitrogens with zero attached hydrogens (tertiary/aromatic N) is 2. The maximum Gasteiger partial charge on any atom is 0.290 e. The number of fused-ring (bicyclic) bond motifs is 2. The van der Waals surface area contributed by atoms with E-state index in [1.165, 1.54) is 5.56 Å². The molecule has 0 fully saturated rings. The van der Waals surface area contributed by atoms with Crippen LogP contribution in [0, 0.1) is 0 Å². The van der Waals surface area contributed by atoms with E-state index in [-0.39, 0.29) is 22.5 Å². The van der Waals surface area contributed by atoms with E-state index in [0.29, 0.717) is 35.4 Å². The maximum absolute atomic E-state index is 13.8. The van der Waals surface area contributed by atoms with Crippen molar-refractivity contribution in [1.82, 2.24) is 9.80 Å². The lowest BCUT2D eigenvalue weighted by Crippen LogP contribution is -2.37. The van der Waals surface area contributed by atoms with Crippen molar-refractivity contribution in [2.45, 2.75) is 53.0 Å². The van der Waals surface area contributed by atoms with Crippen molar-refractivity contribution in [3.63, 3.8) is 0 Å². The monoisotopic (exact) mass is 476 g/mol. The van der Waals surface area contributed by atoms with Gasteiger partial charge in [0.05, 0.1) is 23.6 Å². The summed E-state index contributed by atoms with van der Waals surface area (Å²) < 4.78 is 11.7. The van der Waals surface area contributed by atoms with Gasteiger partial charge in [0.15, 0.2) is 5.43 Å². The van der Waals surface area contributed by atoms with Crippen molar-refractivity contribution in [3.05, 3.63) is 75.1 Å². The summed E-state index contributed by atoms with van der Waals surface area (Å²) in [6.07, 6.45) is 0. The summed E-state index contributed by atoms with van der Waals surface area (Å²) in [6.45, 7) is 16.2. The van der Waals surface area contributed by atoms with Crippen LogP contribution in [0.2, 0.25) is 0 Å². The lowest BCUT2D eigenvalue weighted by molar-refractivity contribution is 0.0708. The Bertz CT molecular complexity index is 1270. The van der Waals surface area contributed by atoms with Crippen LogP contribution in [0.15, 0.2) is 51.7 Å². The molecule has 1 amide bonds. The molecule has 0 aliphatic carbocycles. The largest absolute Gasteiger partial charge is 0.494 e. The number of hydrogen-bond acceptors (Lipinski definition) is 5. The molecule has 0 N–H and O–H groups in total. The van der Waals surface area contributed by atoms with Crippen molar-refractivity contribution in [1.29, 1.82) is 0 Å². The zero-order chi connectivity index (χ0) is 25.3. The molecular formula is C29H36N2O4. The Balaban J connectivity index is 1.85.